The van der Waals surface area contributed by atoms with Crippen LogP contribution in [0, 0.1) is 35.3 Å². The van der Waals surface area contributed by atoms with Crippen LogP contribution in [0.4, 0.5) is 29.2 Å². The number of piperazine rings is 1. The Morgan fingerprint density at radius 2 is 1.80 bits per heavy atom. The van der Waals surface area contributed by atoms with Crippen LogP contribution in [0.5, 0.6) is 0 Å². The lowest BCUT2D eigenvalue weighted by Crippen LogP contribution is -2.59. The molecule has 1 saturated heterocycles. The second-order valence-electron chi connectivity index (χ2n) is 16.2. The number of nitrogens with one attached hydrogen (secondary N) is 1. The number of rotatable bonds is 5. The molecule has 56 heavy (non-hydrogen) atoms. The fraction of sp³-hybridized carbons (Fsp3) is 0.400. The standard InChI is InChI=1S/C40H42ClF2N7O5S/c1-19(2)29-31(20(3)12-13-45-29)50-33-22(32(23(17-44)35(50)51)48-14-15-49(38(53)54)26(18-48)39(4,5)6)16-25(43)27(28(33)41)21-10-11-24(42)34-30(21)46-36(56-34)47-37(52)55-40(7,8)9/h10-13,16,19,26H,14-15,18H2,1-9H3,(H,53,54)(H,46,47,52). The van der Waals surface area contributed by atoms with Gasteiger partial charge in [0.05, 0.1) is 43.9 Å². The summed E-state index contributed by atoms with van der Waals surface area (Å²) >= 11 is 8.18. The number of carbonyl (C=O) groups is 2. The van der Waals surface area contributed by atoms with Crippen molar-refractivity contribution < 1.29 is 28.2 Å². The van der Waals surface area contributed by atoms with Crippen molar-refractivity contribution in [1.82, 2.24) is 19.4 Å². The van der Waals surface area contributed by atoms with Crippen LogP contribution in [0.15, 0.2) is 35.3 Å². The highest BCUT2D eigenvalue weighted by Crippen LogP contribution is 2.46. The number of thiazole rings is 1. The van der Waals surface area contributed by atoms with Crippen LogP contribution in [-0.2, 0) is 4.74 Å². The summed E-state index contributed by atoms with van der Waals surface area (Å²) in [6.45, 7) is 16.6. The van der Waals surface area contributed by atoms with E-state index < -0.39 is 46.4 Å². The van der Waals surface area contributed by atoms with Gasteiger partial charge in [-0.15, -0.1) is 0 Å². The van der Waals surface area contributed by atoms with Crippen molar-refractivity contribution >= 4 is 67.1 Å². The Balaban J connectivity index is 1.70. The van der Waals surface area contributed by atoms with Crippen molar-refractivity contribution in [2.24, 2.45) is 5.41 Å². The van der Waals surface area contributed by atoms with Gasteiger partial charge in [-0.3, -0.25) is 19.7 Å². The summed E-state index contributed by atoms with van der Waals surface area (Å²) in [5.41, 5.74) is -0.798. The average Bonchev–Trinajstić information content (AvgIpc) is 3.52. The van der Waals surface area contributed by atoms with E-state index in [0.29, 0.717) is 16.9 Å². The summed E-state index contributed by atoms with van der Waals surface area (Å²) in [5, 5.41) is 23.2. The van der Waals surface area contributed by atoms with E-state index in [2.05, 4.69) is 21.4 Å². The summed E-state index contributed by atoms with van der Waals surface area (Å²) in [5.74, 6) is -1.73. The van der Waals surface area contributed by atoms with Crippen molar-refractivity contribution in [2.45, 2.75) is 79.9 Å². The first-order valence-corrected chi connectivity index (χ1v) is 19.1. The van der Waals surface area contributed by atoms with Crippen LogP contribution in [0.1, 0.15) is 78.1 Å². The van der Waals surface area contributed by atoms with E-state index in [1.807, 2.05) is 34.6 Å². The third-order valence-electron chi connectivity index (χ3n) is 9.68. The van der Waals surface area contributed by atoms with Crippen LogP contribution >= 0.6 is 22.9 Å². The highest BCUT2D eigenvalue weighted by molar-refractivity contribution is 7.22. The minimum absolute atomic E-state index is 0.00205. The van der Waals surface area contributed by atoms with Crippen molar-refractivity contribution in [1.29, 1.82) is 5.26 Å². The molecule has 16 heteroatoms. The maximum atomic E-state index is 17.1. The van der Waals surface area contributed by atoms with Crippen LogP contribution in [0.25, 0.3) is 37.9 Å². The smallest absolute Gasteiger partial charge is 0.413 e. The van der Waals surface area contributed by atoms with Crippen LogP contribution < -0.4 is 15.8 Å². The number of halogens is 3. The lowest BCUT2D eigenvalue weighted by molar-refractivity contribution is 0.0635. The van der Waals surface area contributed by atoms with Gasteiger partial charge in [0, 0.05) is 42.3 Å². The highest BCUT2D eigenvalue weighted by Gasteiger charge is 2.40. The largest absolute Gasteiger partial charge is 0.465 e. The van der Waals surface area contributed by atoms with E-state index in [0.717, 1.165) is 17.4 Å². The summed E-state index contributed by atoms with van der Waals surface area (Å²) < 4.78 is 39.1. The maximum absolute atomic E-state index is 17.1. The van der Waals surface area contributed by atoms with E-state index in [9.17, 15) is 24.8 Å². The maximum Gasteiger partial charge on any atom is 0.413 e. The SMILES string of the molecule is Cc1ccnc(C(C)C)c1-n1c(=O)c(C#N)c(N2CCN(C(=O)O)C(C(C)(C)C)C2)c2cc(F)c(-c3ccc(F)c4sc(NC(=O)OC(C)(C)C)nc34)c(Cl)c21. The van der Waals surface area contributed by atoms with Gasteiger partial charge in [-0.05, 0) is 68.9 Å². The molecule has 2 amide bonds. The number of fused-ring (bicyclic) bond motifs is 2. The Labute approximate surface area is 331 Å². The first kappa shape index (κ1) is 40.3. The minimum Gasteiger partial charge on any atom is -0.465 e. The number of anilines is 2. The summed E-state index contributed by atoms with van der Waals surface area (Å²) in [7, 11) is 0. The van der Waals surface area contributed by atoms with E-state index in [4.69, 9.17) is 16.3 Å². The predicted octanol–water partition coefficient (Wildman–Crippen LogP) is 9.46. The first-order valence-electron chi connectivity index (χ1n) is 17.9. The topological polar surface area (TPSA) is 154 Å². The monoisotopic (exact) mass is 805 g/mol. The molecule has 1 aliphatic rings. The molecule has 0 bridgehead atoms. The molecule has 4 heterocycles. The highest BCUT2D eigenvalue weighted by atomic mass is 35.5. The van der Waals surface area contributed by atoms with Crippen LogP contribution in [0.3, 0.4) is 0 Å². The molecule has 1 unspecified atom stereocenters. The molecular formula is C40H42ClF2N7O5S. The van der Waals surface area contributed by atoms with Gasteiger partial charge in [-0.25, -0.2) is 23.4 Å². The number of ether oxygens (including phenoxy) is 1. The summed E-state index contributed by atoms with van der Waals surface area (Å²) in [6, 6.07) is 6.89. The van der Waals surface area contributed by atoms with Crippen molar-refractivity contribution in [3.63, 3.8) is 0 Å². The third-order valence-corrected chi connectivity index (χ3v) is 11.0. The fourth-order valence-electron chi connectivity index (χ4n) is 7.21. The Bertz CT molecular complexity index is 2530. The second kappa shape index (κ2) is 14.6. The van der Waals surface area contributed by atoms with E-state index >= 15 is 8.78 Å². The number of hydrogen-bond donors (Lipinski definition) is 2. The van der Waals surface area contributed by atoms with E-state index in [1.54, 1.807) is 44.9 Å². The molecule has 2 N–H and O–H groups in total. The minimum atomic E-state index is -1.10. The van der Waals surface area contributed by atoms with Gasteiger partial charge in [0.1, 0.15) is 28.9 Å². The summed E-state index contributed by atoms with van der Waals surface area (Å²) in [4.78, 5) is 52.0. The van der Waals surface area contributed by atoms with Gasteiger partial charge in [-0.1, -0.05) is 57.6 Å². The molecule has 2 aromatic carbocycles. The normalized spacial score (nSPS) is 15.1. The zero-order valence-corrected chi connectivity index (χ0v) is 34.0. The Hall–Kier alpha value is -5.33. The predicted molar refractivity (Wildman–Crippen MR) is 214 cm³/mol. The molecule has 1 aliphatic heterocycles. The molecule has 1 fully saturated rings. The van der Waals surface area contributed by atoms with Crippen LogP contribution in [0.2, 0.25) is 5.02 Å². The van der Waals surface area contributed by atoms with Crippen molar-refractivity contribution in [2.75, 3.05) is 29.9 Å². The van der Waals surface area contributed by atoms with Crippen molar-refractivity contribution in [3.8, 4) is 22.9 Å². The summed E-state index contributed by atoms with van der Waals surface area (Å²) in [6.07, 6.45) is -0.304. The Kier molecular flexibility index (Phi) is 10.5. The molecule has 294 valence electrons. The number of benzene rings is 2. The van der Waals surface area contributed by atoms with Crippen molar-refractivity contribution in [3.05, 3.63) is 74.3 Å². The molecule has 3 aromatic heterocycles. The Morgan fingerprint density at radius 1 is 1.11 bits per heavy atom. The number of nitriles is 1. The van der Waals surface area contributed by atoms with Gasteiger partial charge in [-0.2, -0.15) is 5.26 Å². The Morgan fingerprint density at radius 3 is 2.41 bits per heavy atom. The molecule has 6 rings (SSSR count). The lowest BCUT2D eigenvalue weighted by atomic mass is 9.84. The molecule has 5 aromatic rings. The molecule has 1 atom stereocenters. The molecule has 0 radical (unpaired) electrons. The first-order chi connectivity index (χ1) is 26.1. The molecule has 0 aliphatic carbocycles. The number of pyridine rings is 2. The lowest BCUT2D eigenvalue weighted by Gasteiger charge is -2.47. The number of carboxylic acid groups (broad SMARTS) is 1. The molecule has 0 spiro atoms. The van der Waals surface area contributed by atoms with Gasteiger partial charge >= 0.3 is 12.2 Å². The zero-order chi connectivity index (χ0) is 41.2. The van der Waals surface area contributed by atoms with Gasteiger partial charge in [0.2, 0.25) is 0 Å². The average molecular weight is 806 g/mol. The van der Waals surface area contributed by atoms with Gasteiger partial charge in [0.25, 0.3) is 5.56 Å². The van der Waals surface area contributed by atoms with Gasteiger partial charge < -0.3 is 19.6 Å². The molecule has 12 nitrogen and oxygen atoms in total. The van der Waals surface area contributed by atoms with E-state index in [1.165, 1.54) is 21.6 Å². The number of amides is 2. The van der Waals surface area contributed by atoms with Gasteiger partial charge in [0.15, 0.2) is 5.13 Å². The number of carbonyl (C=O) groups excluding carboxylic acids is 1. The second-order valence-corrected chi connectivity index (χ2v) is 17.5. The van der Waals surface area contributed by atoms with E-state index in [-0.39, 0.29) is 79.2 Å². The number of nitrogens with zero attached hydrogens (tertiary/aromatic N) is 6. The number of aryl methyl sites for hydroxylation is 1. The number of aromatic nitrogens is 3. The molecular weight excluding hydrogens is 764 g/mol. The fourth-order valence-corrected chi connectivity index (χ4v) is 8.47. The van der Waals surface area contributed by atoms with Crippen LogP contribution in [-0.4, -0.2) is 68.0 Å². The quantitative estimate of drug-likeness (QED) is 0.177. The zero-order valence-electron chi connectivity index (χ0n) is 32.5. The number of hydrogen-bond acceptors (Lipinski definition) is 9. The molecule has 0 saturated carbocycles. The third kappa shape index (κ3) is 7.23.